The summed E-state index contributed by atoms with van der Waals surface area (Å²) in [5, 5.41) is 15.7. The number of carboxylic acid groups (broad SMARTS) is 1. The molecule has 2 aromatic rings. The molecule has 1 fully saturated rings. The average Bonchev–Trinajstić information content (AvgIpc) is 3.30. The van der Waals surface area contributed by atoms with Crippen LogP contribution in [0.3, 0.4) is 0 Å². The van der Waals surface area contributed by atoms with E-state index in [2.05, 4.69) is 15.5 Å². The highest BCUT2D eigenvalue weighted by Gasteiger charge is 2.44. The van der Waals surface area contributed by atoms with Crippen molar-refractivity contribution in [3.8, 4) is 5.75 Å². The van der Waals surface area contributed by atoms with Crippen LogP contribution in [0.2, 0.25) is 0 Å². The SMILES string of the molecule is CCc1nc(COc2ccc(C(=O)NC3(C(=O)O)CCOC3)cc2)no1. The Morgan fingerprint density at radius 3 is 2.69 bits per heavy atom. The van der Waals surface area contributed by atoms with E-state index in [-0.39, 0.29) is 19.6 Å². The lowest BCUT2D eigenvalue weighted by atomic mass is 9.98. The summed E-state index contributed by atoms with van der Waals surface area (Å²) in [5.74, 6) is -0.0706. The van der Waals surface area contributed by atoms with Crippen molar-refractivity contribution in [1.29, 1.82) is 0 Å². The molecular weight excluding hydrogens is 342 g/mol. The summed E-state index contributed by atoms with van der Waals surface area (Å²) < 4.78 is 15.7. The second-order valence-electron chi connectivity index (χ2n) is 5.91. The summed E-state index contributed by atoms with van der Waals surface area (Å²) in [6.07, 6.45) is 0.888. The van der Waals surface area contributed by atoms with Crippen molar-refractivity contribution in [1.82, 2.24) is 15.5 Å². The molecule has 0 bridgehead atoms. The summed E-state index contributed by atoms with van der Waals surface area (Å²) in [6, 6.07) is 6.36. The molecule has 26 heavy (non-hydrogen) atoms. The first-order chi connectivity index (χ1) is 12.5. The molecule has 9 nitrogen and oxygen atoms in total. The number of ether oxygens (including phenoxy) is 2. The average molecular weight is 361 g/mol. The molecule has 1 amide bonds. The Labute approximate surface area is 149 Å². The van der Waals surface area contributed by atoms with Crippen LogP contribution >= 0.6 is 0 Å². The topological polar surface area (TPSA) is 124 Å². The van der Waals surface area contributed by atoms with Crippen LogP contribution in [0.15, 0.2) is 28.8 Å². The van der Waals surface area contributed by atoms with E-state index < -0.39 is 17.4 Å². The molecule has 9 heteroatoms. The molecule has 0 spiro atoms. The van der Waals surface area contributed by atoms with Crippen LogP contribution < -0.4 is 10.1 Å². The third-order valence-electron chi connectivity index (χ3n) is 4.08. The van der Waals surface area contributed by atoms with Crippen molar-refractivity contribution in [2.45, 2.75) is 31.9 Å². The number of carbonyl (C=O) groups is 2. The molecule has 1 aromatic heterocycles. The lowest BCUT2D eigenvalue weighted by molar-refractivity contribution is -0.144. The van der Waals surface area contributed by atoms with Crippen LogP contribution in [-0.4, -0.2) is 45.9 Å². The molecule has 1 aliphatic rings. The Morgan fingerprint density at radius 1 is 1.35 bits per heavy atom. The fourth-order valence-electron chi connectivity index (χ4n) is 2.52. The number of amides is 1. The molecular formula is C17H19N3O6. The van der Waals surface area contributed by atoms with Crippen molar-refractivity contribution in [2.75, 3.05) is 13.2 Å². The van der Waals surface area contributed by atoms with Crippen molar-refractivity contribution in [3.05, 3.63) is 41.5 Å². The van der Waals surface area contributed by atoms with E-state index in [0.717, 1.165) is 0 Å². The van der Waals surface area contributed by atoms with Gasteiger partial charge in [0.1, 0.15) is 5.75 Å². The summed E-state index contributed by atoms with van der Waals surface area (Å²) in [5.41, 5.74) is -1.04. The van der Waals surface area contributed by atoms with Gasteiger partial charge in [0, 0.05) is 25.0 Å². The molecule has 2 heterocycles. The summed E-state index contributed by atoms with van der Waals surface area (Å²) in [4.78, 5) is 27.9. The first kappa shape index (κ1) is 17.9. The maximum Gasteiger partial charge on any atom is 0.331 e. The minimum absolute atomic E-state index is 0.0419. The van der Waals surface area contributed by atoms with E-state index >= 15 is 0 Å². The van der Waals surface area contributed by atoms with Gasteiger partial charge < -0.3 is 24.4 Å². The van der Waals surface area contributed by atoms with Gasteiger partial charge in [0.25, 0.3) is 5.91 Å². The standard InChI is InChI=1S/C17H19N3O6/c1-2-14-18-13(20-26-14)9-25-12-5-3-11(4-6-12)15(21)19-17(16(22)23)7-8-24-10-17/h3-6H,2,7-10H2,1H3,(H,19,21)(H,22,23). The molecule has 0 radical (unpaired) electrons. The highest BCUT2D eigenvalue weighted by atomic mass is 16.5. The first-order valence-electron chi connectivity index (χ1n) is 8.20. The van der Waals surface area contributed by atoms with Gasteiger partial charge in [-0.1, -0.05) is 12.1 Å². The van der Waals surface area contributed by atoms with Crippen LogP contribution in [0.4, 0.5) is 0 Å². The third-order valence-corrected chi connectivity index (χ3v) is 4.08. The largest absolute Gasteiger partial charge is 0.485 e. The van der Waals surface area contributed by atoms with Crippen molar-refractivity contribution < 1.29 is 28.7 Å². The molecule has 1 aliphatic heterocycles. The fraction of sp³-hybridized carbons (Fsp3) is 0.412. The van der Waals surface area contributed by atoms with Crippen LogP contribution in [0.1, 0.15) is 35.4 Å². The first-order valence-corrected chi connectivity index (χ1v) is 8.20. The number of carboxylic acids is 1. The highest BCUT2D eigenvalue weighted by molar-refractivity contribution is 5.98. The zero-order valence-electron chi connectivity index (χ0n) is 14.2. The predicted octanol–water partition coefficient (Wildman–Crippen LogP) is 1.18. The molecule has 0 saturated carbocycles. The minimum atomic E-state index is -1.37. The van der Waals surface area contributed by atoms with E-state index in [1.54, 1.807) is 24.3 Å². The third kappa shape index (κ3) is 3.83. The maximum absolute atomic E-state index is 12.3. The van der Waals surface area contributed by atoms with E-state index in [0.29, 0.717) is 36.1 Å². The minimum Gasteiger partial charge on any atom is -0.485 e. The smallest absolute Gasteiger partial charge is 0.331 e. The van der Waals surface area contributed by atoms with Crippen LogP contribution in [0.25, 0.3) is 0 Å². The van der Waals surface area contributed by atoms with Crippen molar-refractivity contribution in [3.63, 3.8) is 0 Å². The molecule has 1 aromatic carbocycles. The van der Waals surface area contributed by atoms with Gasteiger partial charge in [-0.15, -0.1) is 0 Å². The lowest BCUT2D eigenvalue weighted by Crippen LogP contribution is -2.55. The Bertz CT molecular complexity index is 780. The normalized spacial score (nSPS) is 19.3. The van der Waals surface area contributed by atoms with E-state index in [4.69, 9.17) is 14.0 Å². The highest BCUT2D eigenvalue weighted by Crippen LogP contribution is 2.20. The Morgan fingerprint density at radius 2 is 2.12 bits per heavy atom. The van der Waals surface area contributed by atoms with Gasteiger partial charge in [0.15, 0.2) is 12.1 Å². The molecule has 3 rings (SSSR count). The fourth-order valence-corrected chi connectivity index (χ4v) is 2.52. The number of aryl methyl sites for hydroxylation is 1. The number of rotatable bonds is 7. The summed E-state index contributed by atoms with van der Waals surface area (Å²) >= 11 is 0. The van der Waals surface area contributed by atoms with Gasteiger partial charge >= 0.3 is 5.97 Å². The number of hydrogen-bond acceptors (Lipinski definition) is 7. The Hall–Kier alpha value is -2.94. The second kappa shape index (κ2) is 7.52. The Kier molecular flexibility index (Phi) is 5.17. The van der Waals surface area contributed by atoms with Crippen LogP contribution in [0, 0.1) is 0 Å². The van der Waals surface area contributed by atoms with Crippen molar-refractivity contribution >= 4 is 11.9 Å². The predicted molar refractivity (Wildman–Crippen MR) is 87.7 cm³/mol. The lowest BCUT2D eigenvalue weighted by Gasteiger charge is -2.23. The maximum atomic E-state index is 12.3. The van der Waals surface area contributed by atoms with Gasteiger partial charge in [0.2, 0.25) is 11.7 Å². The number of carbonyl (C=O) groups excluding carboxylic acids is 1. The number of aromatic nitrogens is 2. The van der Waals surface area contributed by atoms with E-state index in [9.17, 15) is 14.7 Å². The molecule has 1 unspecified atom stereocenters. The van der Waals surface area contributed by atoms with E-state index in [1.165, 1.54) is 0 Å². The molecule has 1 saturated heterocycles. The van der Waals surface area contributed by atoms with Gasteiger partial charge in [-0.2, -0.15) is 4.98 Å². The monoisotopic (exact) mass is 361 g/mol. The number of hydrogen-bond donors (Lipinski definition) is 2. The summed E-state index contributed by atoms with van der Waals surface area (Å²) in [7, 11) is 0. The number of benzene rings is 1. The van der Waals surface area contributed by atoms with Gasteiger partial charge in [-0.25, -0.2) is 4.79 Å². The summed E-state index contributed by atoms with van der Waals surface area (Å²) in [6.45, 7) is 2.32. The molecule has 2 N–H and O–H groups in total. The quantitative estimate of drug-likeness (QED) is 0.753. The molecule has 0 aliphatic carbocycles. The second-order valence-corrected chi connectivity index (χ2v) is 5.91. The Balaban J connectivity index is 1.59. The van der Waals surface area contributed by atoms with Gasteiger partial charge in [-0.05, 0) is 24.3 Å². The number of nitrogens with one attached hydrogen (secondary N) is 1. The molecule has 138 valence electrons. The zero-order valence-corrected chi connectivity index (χ0v) is 14.2. The van der Waals surface area contributed by atoms with E-state index in [1.807, 2.05) is 6.92 Å². The van der Waals surface area contributed by atoms with Gasteiger partial charge in [-0.3, -0.25) is 4.79 Å². The number of nitrogens with zero attached hydrogens (tertiary/aromatic N) is 2. The van der Waals surface area contributed by atoms with Crippen LogP contribution in [0.5, 0.6) is 5.75 Å². The zero-order chi connectivity index (χ0) is 18.6. The number of aliphatic carboxylic acids is 1. The van der Waals surface area contributed by atoms with Crippen molar-refractivity contribution in [2.24, 2.45) is 0 Å². The van der Waals surface area contributed by atoms with Crippen LogP contribution in [-0.2, 0) is 22.6 Å². The molecule has 1 atom stereocenters. The van der Waals surface area contributed by atoms with Gasteiger partial charge in [0.05, 0.1) is 6.61 Å².